The summed E-state index contributed by atoms with van der Waals surface area (Å²) in [7, 11) is 0. The van der Waals surface area contributed by atoms with Crippen molar-refractivity contribution in [3.63, 3.8) is 0 Å². The molecule has 2 heterocycles. The molecule has 2 aromatic rings. The van der Waals surface area contributed by atoms with Crippen LogP contribution >= 0.6 is 12.4 Å². The van der Waals surface area contributed by atoms with Crippen molar-refractivity contribution >= 4 is 18.3 Å². The summed E-state index contributed by atoms with van der Waals surface area (Å²) in [6.45, 7) is 5.08. The van der Waals surface area contributed by atoms with Gasteiger partial charge in [0, 0.05) is 12.1 Å². The lowest BCUT2D eigenvalue weighted by molar-refractivity contribution is 0.0920. The Morgan fingerprint density at radius 2 is 2.26 bits per heavy atom. The van der Waals surface area contributed by atoms with Crippen LogP contribution in [0, 0.1) is 6.92 Å². The molecule has 2 unspecified atom stereocenters. The number of carbonyl (C=O) groups excluding carboxylic acids is 1. The molecule has 23 heavy (non-hydrogen) atoms. The number of nitrogens with zero attached hydrogens (tertiary/aromatic N) is 3. The maximum absolute atomic E-state index is 12.3. The van der Waals surface area contributed by atoms with Crippen LogP contribution in [-0.2, 0) is 0 Å². The van der Waals surface area contributed by atoms with E-state index in [4.69, 9.17) is 0 Å². The van der Waals surface area contributed by atoms with Crippen LogP contribution in [0.4, 0.5) is 0 Å². The summed E-state index contributed by atoms with van der Waals surface area (Å²) in [5.74, 6) is -0.155. The fourth-order valence-corrected chi connectivity index (χ4v) is 2.79. The summed E-state index contributed by atoms with van der Waals surface area (Å²) in [6.07, 6.45) is 3.56. The highest BCUT2D eigenvalue weighted by molar-refractivity contribution is 5.92. The first-order valence-electron chi connectivity index (χ1n) is 7.65. The van der Waals surface area contributed by atoms with Crippen LogP contribution in [0.1, 0.15) is 35.8 Å². The molecule has 3 rings (SSSR count). The number of amides is 1. The average Bonchev–Trinajstić information content (AvgIpc) is 2.97. The highest BCUT2D eigenvalue weighted by Crippen LogP contribution is 2.11. The van der Waals surface area contributed by atoms with Gasteiger partial charge in [-0.1, -0.05) is 17.3 Å². The van der Waals surface area contributed by atoms with E-state index in [1.165, 1.54) is 0 Å². The van der Waals surface area contributed by atoms with Crippen molar-refractivity contribution < 1.29 is 4.79 Å². The first-order chi connectivity index (χ1) is 10.6. The maximum Gasteiger partial charge on any atom is 0.273 e. The van der Waals surface area contributed by atoms with Gasteiger partial charge in [-0.2, -0.15) is 0 Å². The molecule has 0 saturated carbocycles. The number of aromatic nitrogens is 3. The van der Waals surface area contributed by atoms with Crippen LogP contribution in [0.2, 0.25) is 0 Å². The third kappa shape index (κ3) is 4.30. The number of aryl methyl sites for hydroxylation is 1. The van der Waals surface area contributed by atoms with Gasteiger partial charge in [0.15, 0.2) is 5.69 Å². The zero-order valence-electron chi connectivity index (χ0n) is 13.3. The molecule has 1 saturated heterocycles. The van der Waals surface area contributed by atoms with E-state index in [0.717, 1.165) is 30.6 Å². The second kappa shape index (κ2) is 7.57. The Bertz CT molecular complexity index is 672. The molecule has 1 aliphatic heterocycles. The number of hydrogen-bond acceptors (Lipinski definition) is 4. The number of piperidine rings is 1. The fraction of sp³-hybridized carbons (Fsp3) is 0.438. The van der Waals surface area contributed by atoms with E-state index in [-0.39, 0.29) is 24.4 Å². The van der Waals surface area contributed by atoms with Crippen molar-refractivity contribution in [3.05, 3.63) is 41.7 Å². The Hall–Kier alpha value is -1.92. The van der Waals surface area contributed by atoms with Gasteiger partial charge in [-0.3, -0.25) is 4.79 Å². The van der Waals surface area contributed by atoms with Crippen LogP contribution in [0.25, 0.3) is 5.69 Å². The van der Waals surface area contributed by atoms with Gasteiger partial charge in [-0.25, -0.2) is 4.68 Å². The van der Waals surface area contributed by atoms with Crippen molar-refractivity contribution in [2.75, 3.05) is 6.54 Å². The van der Waals surface area contributed by atoms with Gasteiger partial charge in [0.05, 0.1) is 11.9 Å². The minimum absolute atomic E-state index is 0. The van der Waals surface area contributed by atoms with Gasteiger partial charge in [0.1, 0.15) is 0 Å². The zero-order valence-corrected chi connectivity index (χ0v) is 14.1. The molecule has 1 aliphatic rings. The van der Waals surface area contributed by atoms with Crippen LogP contribution in [0.3, 0.4) is 0 Å². The third-order valence-corrected chi connectivity index (χ3v) is 3.95. The van der Waals surface area contributed by atoms with Crippen LogP contribution in [0.15, 0.2) is 30.5 Å². The minimum Gasteiger partial charge on any atom is -0.348 e. The van der Waals surface area contributed by atoms with E-state index >= 15 is 0 Å². The third-order valence-electron chi connectivity index (χ3n) is 3.95. The molecule has 124 valence electrons. The van der Waals surface area contributed by atoms with Gasteiger partial charge >= 0.3 is 0 Å². The smallest absolute Gasteiger partial charge is 0.273 e. The SMILES string of the molecule is Cc1cccc(-n2cc(C(=O)NC3CCNC(C)C3)nn2)c1.Cl. The summed E-state index contributed by atoms with van der Waals surface area (Å²) in [6, 6.07) is 8.56. The Kier molecular flexibility index (Phi) is 5.74. The minimum atomic E-state index is -0.155. The quantitative estimate of drug-likeness (QED) is 0.898. The topological polar surface area (TPSA) is 71.8 Å². The summed E-state index contributed by atoms with van der Waals surface area (Å²) >= 11 is 0. The summed E-state index contributed by atoms with van der Waals surface area (Å²) < 4.78 is 1.63. The average molecular weight is 336 g/mol. The second-order valence-electron chi connectivity index (χ2n) is 5.94. The number of carbonyl (C=O) groups is 1. The van der Waals surface area contributed by atoms with E-state index in [1.54, 1.807) is 10.9 Å². The highest BCUT2D eigenvalue weighted by Gasteiger charge is 2.21. The molecule has 2 N–H and O–H groups in total. The lowest BCUT2D eigenvalue weighted by atomic mass is 10.0. The summed E-state index contributed by atoms with van der Waals surface area (Å²) in [5.41, 5.74) is 2.40. The van der Waals surface area contributed by atoms with Crippen LogP contribution in [-0.4, -0.2) is 39.5 Å². The summed E-state index contributed by atoms with van der Waals surface area (Å²) in [5, 5.41) is 14.5. The van der Waals surface area contributed by atoms with Crippen molar-refractivity contribution in [1.29, 1.82) is 0 Å². The molecule has 1 aromatic heterocycles. The molecule has 0 radical (unpaired) electrons. The normalized spacial score (nSPS) is 20.6. The first-order valence-corrected chi connectivity index (χ1v) is 7.65. The Morgan fingerprint density at radius 1 is 1.43 bits per heavy atom. The maximum atomic E-state index is 12.3. The number of hydrogen-bond donors (Lipinski definition) is 2. The zero-order chi connectivity index (χ0) is 15.5. The van der Waals surface area contributed by atoms with E-state index in [9.17, 15) is 4.79 Å². The van der Waals surface area contributed by atoms with E-state index in [2.05, 4.69) is 27.9 Å². The Balaban J connectivity index is 0.00000192. The van der Waals surface area contributed by atoms with E-state index < -0.39 is 0 Å². The first kappa shape index (κ1) is 17.4. The van der Waals surface area contributed by atoms with Crippen molar-refractivity contribution in [1.82, 2.24) is 25.6 Å². The molecule has 6 nitrogen and oxygen atoms in total. The predicted octanol–water partition coefficient (Wildman–Crippen LogP) is 1.87. The summed E-state index contributed by atoms with van der Waals surface area (Å²) in [4.78, 5) is 12.3. The molecule has 1 aromatic carbocycles. The van der Waals surface area contributed by atoms with Gasteiger partial charge in [-0.05, 0) is 50.9 Å². The van der Waals surface area contributed by atoms with Crippen molar-refractivity contribution in [2.45, 2.75) is 38.8 Å². The second-order valence-corrected chi connectivity index (χ2v) is 5.94. The molecule has 0 bridgehead atoms. The number of halogens is 1. The van der Waals surface area contributed by atoms with Crippen molar-refractivity contribution in [2.24, 2.45) is 0 Å². The van der Waals surface area contributed by atoms with Crippen LogP contribution < -0.4 is 10.6 Å². The Morgan fingerprint density at radius 3 is 3.00 bits per heavy atom. The van der Waals surface area contributed by atoms with Gasteiger partial charge in [-0.15, -0.1) is 17.5 Å². The molecule has 7 heteroatoms. The molecule has 1 fully saturated rings. The van der Waals surface area contributed by atoms with Gasteiger partial charge in [0.2, 0.25) is 0 Å². The molecule has 0 aliphatic carbocycles. The number of nitrogens with one attached hydrogen (secondary N) is 2. The standard InChI is InChI=1S/C16H21N5O.ClH/c1-11-4-3-5-14(8-11)21-10-15(19-20-21)16(22)18-13-6-7-17-12(2)9-13;/h3-5,8,10,12-13,17H,6-7,9H2,1-2H3,(H,18,22);1H. The lowest BCUT2D eigenvalue weighted by Crippen LogP contribution is -2.46. The molecule has 1 amide bonds. The molecular weight excluding hydrogens is 314 g/mol. The largest absolute Gasteiger partial charge is 0.348 e. The predicted molar refractivity (Wildman–Crippen MR) is 91.3 cm³/mol. The van der Waals surface area contributed by atoms with E-state index in [0.29, 0.717) is 11.7 Å². The molecule has 0 spiro atoms. The van der Waals surface area contributed by atoms with E-state index in [1.807, 2.05) is 31.2 Å². The monoisotopic (exact) mass is 335 g/mol. The fourth-order valence-electron chi connectivity index (χ4n) is 2.79. The van der Waals surface area contributed by atoms with Crippen LogP contribution in [0.5, 0.6) is 0 Å². The molecular formula is C16H22ClN5O. The number of benzene rings is 1. The van der Waals surface area contributed by atoms with Gasteiger partial charge < -0.3 is 10.6 Å². The Labute approximate surface area is 142 Å². The van der Waals surface area contributed by atoms with Crippen molar-refractivity contribution in [3.8, 4) is 5.69 Å². The lowest BCUT2D eigenvalue weighted by Gasteiger charge is -2.28. The van der Waals surface area contributed by atoms with Gasteiger partial charge in [0.25, 0.3) is 5.91 Å². The number of rotatable bonds is 3. The molecule has 2 atom stereocenters. The highest BCUT2D eigenvalue weighted by atomic mass is 35.5.